The van der Waals surface area contributed by atoms with Crippen molar-refractivity contribution in [3.05, 3.63) is 65.9 Å². The molecule has 2 aromatic carbocycles. The van der Waals surface area contributed by atoms with Crippen LogP contribution < -0.4 is 9.64 Å². The highest BCUT2D eigenvalue weighted by molar-refractivity contribution is 6.07. The third kappa shape index (κ3) is 3.81. The lowest BCUT2D eigenvalue weighted by Crippen LogP contribution is -2.13. The van der Waals surface area contributed by atoms with Crippen LogP contribution in [0.5, 0.6) is 5.75 Å². The predicted molar refractivity (Wildman–Crippen MR) is 94.2 cm³/mol. The van der Waals surface area contributed by atoms with Crippen LogP contribution in [-0.2, 0) is 9.53 Å². The first-order valence-corrected chi connectivity index (χ1v) is 7.58. The molecule has 0 unspecified atom stereocenters. The highest BCUT2D eigenvalue weighted by Gasteiger charge is 2.23. The van der Waals surface area contributed by atoms with Crippen molar-refractivity contribution < 1.29 is 14.3 Å². The van der Waals surface area contributed by atoms with Crippen LogP contribution in [-0.4, -0.2) is 32.6 Å². The highest BCUT2D eigenvalue weighted by atomic mass is 16.6. The van der Waals surface area contributed by atoms with Gasteiger partial charge < -0.3 is 14.4 Å². The second kappa shape index (κ2) is 7.00. The van der Waals surface area contributed by atoms with Crippen LogP contribution in [0.4, 0.5) is 5.69 Å². The van der Waals surface area contributed by atoms with Gasteiger partial charge in [0.25, 0.3) is 0 Å². The Bertz CT molecular complexity index is 778. The van der Waals surface area contributed by atoms with Crippen LogP contribution in [0.25, 0.3) is 6.08 Å². The van der Waals surface area contributed by atoms with Crippen molar-refractivity contribution in [2.45, 2.75) is 0 Å². The summed E-state index contributed by atoms with van der Waals surface area (Å²) in [5, 5.41) is 0. The van der Waals surface area contributed by atoms with Crippen molar-refractivity contribution in [2.75, 3.05) is 25.6 Å². The summed E-state index contributed by atoms with van der Waals surface area (Å²) in [5.74, 6) is 0.506. The summed E-state index contributed by atoms with van der Waals surface area (Å²) in [6.45, 7) is 0.118. The summed E-state index contributed by atoms with van der Waals surface area (Å²) in [7, 11) is 3.95. The van der Waals surface area contributed by atoms with Crippen LogP contribution in [0.1, 0.15) is 5.56 Å². The van der Waals surface area contributed by atoms with Gasteiger partial charge in [-0.25, -0.2) is 9.79 Å². The Hall–Kier alpha value is -3.08. The molecule has 0 fully saturated rings. The molecule has 5 heteroatoms. The molecule has 24 heavy (non-hydrogen) atoms. The van der Waals surface area contributed by atoms with Gasteiger partial charge in [-0.05, 0) is 35.9 Å². The zero-order valence-corrected chi connectivity index (χ0v) is 13.6. The third-order valence-corrected chi connectivity index (χ3v) is 3.48. The molecule has 2 aromatic rings. The van der Waals surface area contributed by atoms with Gasteiger partial charge in [0.1, 0.15) is 5.75 Å². The average Bonchev–Trinajstić information content (AvgIpc) is 2.94. The van der Waals surface area contributed by atoms with Crippen LogP contribution in [0.2, 0.25) is 0 Å². The molecule has 0 saturated carbocycles. The van der Waals surface area contributed by atoms with Crippen LogP contribution in [0.3, 0.4) is 0 Å². The second-order valence-corrected chi connectivity index (χ2v) is 5.51. The summed E-state index contributed by atoms with van der Waals surface area (Å²) in [6, 6.07) is 17.2. The first-order chi connectivity index (χ1) is 11.6. The van der Waals surface area contributed by atoms with Crippen LogP contribution in [0.15, 0.2) is 65.3 Å². The van der Waals surface area contributed by atoms with E-state index < -0.39 is 5.97 Å². The SMILES string of the molecule is CN(C)c1ccc(/C=C2/N=C(COc3ccccc3)OC2=O)cc1. The van der Waals surface area contributed by atoms with E-state index in [1.54, 1.807) is 6.08 Å². The molecule has 1 aliphatic rings. The van der Waals surface area contributed by atoms with Crippen molar-refractivity contribution in [2.24, 2.45) is 4.99 Å². The number of carbonyl (C=O) groups is 1. The summed E-state index contributed by atoms with van der Waals surface area (Å²) < 4.78 is 10.7. The molecule has 3 rings (SSSR count). The van der Waals surface area contributed by atoms with Crippen LogP contribution >= 0.6 is 0 Å². The number of para-hydroxylation sites is 1. The van der Waals surface area contributed by atoms with E-state index >= 15 is 0 Å². The second-order valence-electron chi connectivity index (χ2n) is 5.51. The van der Waals surface area contributed by atoms with Gasteiger partial charge in [0.05, 0.1) is 0 Å². The van der Waals surface area contributed by atoms with Gasteiger partial charge in [-0.1, -0.05) is 30.3 Å². The van der Waals surface area contributed by atoms with Gasteiger partial charge >= 0.3 is 5.97 Å². The normalized spacial score (nSPS) is 15.2. The Morgan fingerprint density at radius 3 is 2.46 bits per heavy atom. The average molecular weight is 322 g/mol. The maximum Gasteiger partial charge on any atom is 0.363 e. The van der Waals surface area contributed by atoms with E-state index in [-0.39, 0.29) is 18.2 Å². The summed E-state index contributed by atoms with van der Waals surface area (Å²) in [5.41, 5.74) is 2.26. The van der Waals surface area contributed by atoms with Gasteiger partial charge in [-0.2, -0.15) is 0 Å². The molecule has 5 nitrogen and oxygen atoms in total. The Balaban J connectivity index is 1.69. The first kappa shape index (κ1) is 15.8. The lowest BCUT2D eigenvalue weighted by molar-refractivity contribution is -0.130. The van der Waals surface area contributed by atoms with E-state index in [9.17, 15) is 4.79 Å². The summed E-state index contributed by atoms with van der Waals surface area (Å²) in [6.07, 6.45) is 1.71. The Morgan fingerprint density at radius 1 is 1.08 bits per heavy atom. The number of cyclic esters (lactones) is 1. The van der Waals surface area contributed by atoms with Gasteiger partial charge in [0.15, 0.2) is 12.3 Å². The van der Waals surface area contributed by atoms with Gasteiger partial charge in [-0.15, -0.1) is 0 Å². The fraction of sp³-hybridized carbons (Fsp3) is 0.158. The number of ether oxygens (including phenoxy) is 2. The van der Waals surface area contributed by atoms with Crippen molar-refractivity contribution >= 4 is 23.6 Å². The minimum Gasteiger partial charge on any atom is -0.484 e. The van der Waals surface area contributed by atoms with E-state index in [2.05, 4.69) is 4.99 Å². The van der Waals surface area contributed by atoms with E-state index in [0.29, 0.717) is 5.75 Å². The van der Waals surface area contributed by atoms with E-state index in [1.165, 1.54) is 0 Å². The standard InChI is InChI=1S/C19H18N2O3/c1-21(2)15-10-8-14(9-11-15)12-17-19(22)24-18(20-17)13-23-16-6-4-3-5-7-16/h3-12H,13H2,1-2H3/b17-12+. The number of carbonyl (C=O) groups excluding carboxylic acids is 1. The van der Waals surface area contributed by atoms with Crippen molar-refractivity contribution in [1.82, 2.24) is 0 Å². The van der Waals surface area contributed by atoms with Gasteiger partial charge in [-0.3, -0.25) is 0 Å². The Kier molecular flexibility index (Phi) is 4.61. The minimum atomic E-state index is -0.460. The van der Waals surface area contributed by atoms with Gasteiger partial charge in [0, 0.05) is 19.8 Å². The first-order valence-electron chi connectivity index (χ1n) is 7.58. The van der Waals surface area contributed by atoms with Crippen molar-refractivity contribution in [1.29, 1.82) is 0 Å². The highest BCUT2D eigenvalue weighted by Crippen LogP contribution is 2.19. The molecule has 0 N–H and O–H groups in total. The van der Waals surface area contributed by atoms with E-state index in [4.69, 9.17) is 9.47 Å². The zero-order valence-electron chi connectivity index (χ0n) is 13.6. The number of aliphatic imine (C=N–C) groups is 1. The van der Waals surface area contributed by atoms with E-state index in [1.807, 2.05) is 73.6 Å². The number of esters is 1. The van der Waals surface area contributed by atoms with Crippen molar-refractivity contribution in [3.8, 4) is 5.75 Å². The molecule has 0 amide bonds. The molecule has 0 aliphatic carbocycles. The monoisotopic (exact) mass is 322 g/mol. The molecule has 1 heterocycles. The number of hydrogen-bond acceptors (Lipinski definition) is 5. The molecule has 0 radical (unpaired) electrons. The minimum absolute atomic E-state index is 0.118. The maximum atomic E-state index is 11.9. The fourth-order valence-corrected chi connectivity index (χ4v) is 2.20. The predicted octanol–water partition coefficient (Wildman–Crippen LogP) is 3.13. The fourth-order valence-electron chi connectivity index (χ4n) is 2.20. The molecule has 0 aromatic heterocycles. The summed E-state index contributed by atoms with van der Waals surface area (Å²) in [4.78, 5) is 18.1. The summed E-state index contributed by atoms with van der Waals surface area (Å²) >= 11 is 0. The van der Waals surface area contributed by atoms with E-state index in [0.717, 1.165) is 11.3 Å². The third-order valence-electron chi connectivity index (χ3n) is 3.48. The number of hydrogen-bond donors (Lipinski definition) is 0. The smallest absolute Gasteiger partial charge is 0.363 e. The Morgan fingerprint density at radius 2 is 1.79 bits per heavy atom. The number of rotatable bonds is 5. The number of anilines is 1. The molecular formula is C19H18N2O3. The number of nitrogens with zero attached hydrogens (tertiary/aromatic N) is 2. The van der Waals surface area contributed by atoms with Crippen LogP contribution in [0, 0.1) is 0 Å². The lowest BCUT2D eigenvalue weighted by Gasteiger charge is -2.11. The quantitative estimate of drug-likeness (QED) is 0.627. The topological polar surface area (TPSA) is 51.1 Å². The number of benzene rings is 2. The molecule has 1 aliphatic heterocycles. The van der Waals surface area contributed by atoms with Crippen molar-refractivity contribution in [3.63, 3.8) is 0 Å². The lowest BCUT2D eigenvalue weighted by atomic mass is 10.1. The molecule has 122 valence electrons. The maximum absolute atomic E-state index is 11.9. The molecule has 0 saturated heterocycles. The van der Waals surface area contributed by atoms with Gasteiger partial charge in [0.2, 0.25) is 5.90 Å². The molecule has 0 spiro atoms. The largest absolute Gasteiger partial charge is 0.484 e. The molecule has 0 atom stereocenters. The molecule has 0 bridgehead atoms. The Labute approximate surface area is 140 Å². The molecular weight excluding hydrogens is 304 g/mol. The zero-order chi connectivity index (χ0) is 16.9.